The predicted molar refractivity (Wildman–Crippen MR) is 81.0 cm³/mol. The lowest BCUT2D eigenvalue weighted by molar-refractivity contribution is -0.132. The standard InChI is InChI=1S/C16H18ClFN2O2/c1-19-14-2-3-20(9-11(14)7-15(19)21)16(22)6-10-4-12(17)8-13(18)5-10/h4-5,8,11,14H,2-3,6-7,9H2,1H3/t11-,14+/m1/s1. The summed E-state index contributed by atoms with van der Waals surface area (Å²) in [5.74, 6) is -0.105. The molecule has 4 nitrogen and oxygen atoms in total. The Bertz CT molecular complexity index is 602. The zero-order valence-corrected chi connectivity index (χ0v) is 13.1. The molecule has 0 bridgehead atoms. The van der Waals surface area contributed by atoms with Crippen LogP contribution in [0.15, 0.2) is 18.2 Å². The molecule has 0 aliphatic carbocycles. The summed E-state index contributed by atoms with van der Waals surface area (Å²) in [6.45, 7) is 1.24. The molecule has 0 N–H and O–H groups in total. The van der Waals surface area contributed by atoms with Gasteiger partial charge in [-0.15, -0.1) is 0 Å². The van der Waals surface area contributed by atoms with Crippen LogP contribution in [0.1, 0.15) is 18.4 Å². The number of nitrogens with zero attached hydrogens (tertiary/aromatic N) is 2. The number of fused-ring (bicyclic) bond motifs is 1. The van der Waals surface area contributed by atoms with Crippen molar-refractivity contribution >= 4 is 23.4 Å². The summed E-state index contributed by atoms with van der Waals surface area (Å²) in [6.07, 6.45) is 1.46. The van der Waals surface area contributed by atoms with E-state index in [1.54, 1.807) is 15.9 Å². The van der Waals surface area contributed by atoms with Crippen molar-refractivity contribution in [1.82, 2.24) is 9.80 Å². The van der Waals surface area contributed by atoms with Gasteiger partial charge < -0.3 is 9.80 Å². The van der Waals surface area contributed by atoms with Gasteiger partial charge in [-0.1, -0.05) is 11.6 Å². The lowest BCUT2D eigenvalue weighted by atomic mass is 9.92. The molecule has 6 heteroatoms. The van der Waals surface area contributed by atoms with Gasteiger partial charge in [0.05, 0.1) is 6.42 Å². The molecular weight excluding hydrogens is 307 g/mol. The predicted octanol–water partition coefficient (Wildman–Crippen LogP) is 2.10. The molecule has 2 amide bonds. The summed E-state index contributed by atoms with van der Waals surface area (Å²) < 4.78 is 13.3. The van der Waals surface area contributed by atoms with Gasteiger partial charge in [0.1, 0.15) is 5.82 Å². The SMILES string of the molecule is CN1C(=O)C[C@@H]2CN(C(=O)Cc3cc(F)cc(Cl)c3)CC[C@@H]21. The van der Waals surface area contributed by atoms with Crippen molar-refractivity contribution in [1.29, 1.82) is 0 Å². The van der Waals surface area contributed by atoms with Crippen LogP contribution in [0.25, 0.3) is 0 Å². The van der Waals surface area contributed by atoms with E-state index in [1.165, 1.54) is 12.1 Å². The van der Waals surface area contributed by atoms with Gasteiger partial charge in [-0.2, -0.15) is 0 Å². The Morgan fingerprint density at radius 1 is 1.41 bits per heavy atom. The van der Waals surface area contributed by atoms with Crippen LogP contribution in [0.5, 0.6) is 0 Å². The molecular formula is C16H18ClFN2O2. The molecule has 1 aromatic carbocycles. The van der Waals surface area contributed by atoms with Crippen LogP contribution in [0.3, 0.4) is 0 Å². The summed E-state index contributed by atoms with van der Waals surface area (Å²) in [5.41, 5.74) is 0.580. The summed E-state index contributed by atoms with van der Waals surface area (Å²) in [5, 5.41) is 0.296. The number of likely N-dealkylation sites (tertiary alicyclic amines) is 2. The van der Waals surface area contributed by atoms with Crippen molar-refractivity contribution < 1.29 is 14.0 Å². The van der Waals surface area contributed by atoms with E-state index in [1.807, 2.05) is 7.05 Å². The largest absolute Gasteiger partial charge is 0.342 e. The average molecular weight is 325 g/mol. The third-order valence-electron chi connectivity index (χ3n) is 4.65. The maximum absolute atomic E-state index is 13.3. The maximum Gasteiger partial charge on any atom is 0.227 e. The molecule has 22 heavy (non-hydrogen) atoms. The van der Waals surface area contributed by atoms with Gasteiger partial charge >= 0.3 is 0 Å². The van der Waals surface area contributed by atoms with Gasteiger partial charge in [0, 0.05) is 43.5 Å². The normalized spacial score (nSPS) is 24.6. The third kappa shape index (κ3) is 2.95. The van der Waals surface area contributed by atoms with Crippen LogP contribution in [0.2, 0.25) is 5.02 Å². The minimum atomic E-state index is -0.433. The molecule has 2 atom stereocenters. The Morgan fingerprint density at radius 3 is 2.91 bits per heavy atom. The highest BCUT2D eigenvalue weighted by Crippen LogP contribution is 2.31. The number of hydrogen-bond donors (Lipinski definition) is 0. The molecule has 0 radical (unpaired) electrons. The van der Waals surface area contributed by atoms with Crippen LogP contribution < -0.4 is 0 Å². The van der Waals surface area contributed by atoms with Crippen LogP contribution in [-0.2, 0) is 16.0 Å². The fraction of sp³-hybridized carbons (Fsp3) is 0.500. The van der Waals surface area contributed by atoms with E-state index in [9.17, 15) is 14.0 Å². The first kappa shape index (κ1) is 15.3. The second kappa shape index (κ2) is 5.88. The number of halogens is 2. The molecule has 2 saturated heterocycles. The second-order valence-corrected chi connectivity index (χ2v) is 6.56. The summed E-state index contributed by atoms with van der Waals surface area (Å²) in [7, 11) is 1.83. The first-order chi connectivity index (χ1) is 10.4. The van der Waals surface area contributed by atoms with Gasteiger partial charge in [-0.3, -0.25) is 9.59 Å². The van der Waals surface area contributed by atoms with Crippen LogP contribution in [-0.4, -0.2) is 47.8 Å². The number of carbonyl (C=O) groups excluding carboxylic acids is 2. The van der Waals surface area contributed by atoms with Gasteiger partial charge in [-0.25, -0.2) is 4.39 Å². The summed E-state index contributed by atoms with van der Waals surface area (Å²) >= 11 is 5.82. The molecule has 2 aliphatic rings. The van der Waals surface area contributed by atoms with Gasteiger partial charge in [-0.05, 0) is 30.2 Å². The monoisotopic (exact) mass is 324 g/mol. The average Bonchev–Trinajstić information content (AvgIpc) is 2.72. The van der Waals surface area contributed by atoms with Crippen molar-refractivity contribution in [3.05, 3.63) is 34.6 Å². The first-order valence-corrected chi connectivity index (χ1v) is 7.80. The fourth-order valence-corrected chi connectivity index (χ4v) is 3.75. The van der Waals surface area contributed by atoms with Crippen LogP contribution in [0.4, 0.5) is 4.39 Å². The Balaban J connectivity index is 1.65. The van der Waals surface area contributed by atoms with Crippen LogP contribution >= 0.6 is 11.6 Å². The highest BCUT2D eigenvalue weighted by atomic mass is 35.5. The Morgan fingerprint density at radius 2 is 2.18 bits per heavy atom. The maximum atomic E-state index is 13.3. The lowest BCUT2D eigenvalue weighted by Gasteiger charge is -2.36. The molecule has 0 spiro atoms. The molecule has 2 heterocycles. The number of rotatable bonds is 2. The number of carbonyl (C=O) groups is 2. The molecule has 0 aromatic heterocycles. The number of benzene rings is 1. The second-order valence-electron chi connectivity index (χ2n) is 6.12. The minimum absolute atomic E-state index is 0.0397. The number of amides is 2. The van der Waals surface area contributed by atoms with E-state index in [2.05, 4.69) is 0 Å². The fourth-order valence-electron chi connectivity index (χ4n) is 3.51. The van der Waals surface area contributed by atoms with Crippen molar-refractivity contribution in [3.8, 4) is 0 Å². The quantitative estimate of drug-likeness (QED) is 0.836. The molecule has 118 valence electrons. The van der Waals surface area contributed by atoms with Crippen molar-refractivity contribution in [3.63, 3.8) is 0 Å². The van der Waals surface area contributed by atoms with Crippen molar-refractivity contribution in [2.45, 2.75) is 25.3 Å². The molecule has 2 aliphatic heterocycles. The Hall–Kier alpha value is -1.62. The third-order valence-corrected chi connectivity index (χ3v) is 4.87. The highest BCUT2D eigenvalue weighted by molar-refractivity contribution is 6.30. The molecule has 1 aromatic rings. The van der Waals surface area contributed by atoms with E-state index >= 15 is 0 Å². The first-order valence-electron chi connectivity index (χ1n) is 7.42. The Labute approximate surface area is 133 Å². The van der Waals surface area contributed by atoms with Crippen molar-refractivity contribution in [2.75, 3.05) is 20.1 Å². The molecule has 3 rings (SSSR count). The van der Waals surface area contributed by atoms with Gasteiger partial charge in [0.2, 0.25) is 11.8 Å². The van der Waals surface area contributed by atoms with E-state index < -0.39 is 5.82 Å². The van der Waals surface area contributed by atoms with E-state index in [-0.39, 0.29) is 30.2 Å². The van der Waals surface area contributed by atoms with E-state index in [0.717, 1.165) is 6.42 Å². The van der Waals surface area contributed by atoms with Crippen molar-refractivity contribution in [2.24, 2.45) is 5.92 Å². The molecule has 0 unspecified atom stereocenters. The van der Waals surface area contributed by atoms with E-state index in [0.29, 0.717) is 30.1 Å². The van der Waals surface area contributed by atoms with E-state index in [4.69, 9.17) is 11.6 Å². The zero-order valence-electron chi connectivity index (χ0n) is 12.4. The minimum Gasteiger partial charge on any atom is -0.342 e. The summed E-state index contributed by atoms with van der Waals surface area (Å²) in [4.78, 5) is 27.7. The molecule has 2 fully saturated rings. The lowest BCUT2D eigenvalue weighted by Crippen LogP contribution is -2.47. The number of piperidine rings is 1. The zero-order chi connectivity index (χ0) is 15.9. The summed E-state index contributed by atoms with van der Waals surface area (Å²) in [6, 6.07) is 4.42. The molecule has 0 saturated carbocycles. The highest BCUT2D eigenvalue weighted by Gasteiger charge is 2.41. The van der Waals surface area contributed by atoms with Gasteiger partial charge in [0.25, 0.3) is 0 Å². The topological polar surface area (TPSA) is 40.6 Å². The van der Waals surface area contributed by atoms with Crippen LogP contribution in [0, 0.1) is 11.7 Å². The Kier molecular flexibility index (Phi) is 4.08. The number of hydrogen-bond acceptors (Lipinski definition) is 2. The smallest absolute Gasteiger partial charge is 0.227 e. The van der Waals surface area contributed by atoms with Gasteiger partial charge in [0.15, 0.2) is 0 Å².